The third-order valence-electron chi connectivity index (χ3n) is 6.50. The fourth-order valence-corrected chi connectivity index (χ4v) is 6.10. The van der Waals surface area contributed by atoms with Crippen LogP contribution in [0.25, 0.3) is 0 Å². The molecule has 4 heterocycles. The first kappa shape index (κ1) is 19.2. The van der Waals surface area contributed by atoms with Gasteiger partial charge in [-0.25, -0.2) is 0 Å². The highest BCUT2D eigenvalue weighted by molar-refractivity contribution is 7.14. The van der Waals surface area contributed by atoms with Gasteiger partial charge in [-0.05, 0) is 49.5 Å². The third kappa shape index (κ3) is 3.99. The summed E-state index contributed by atoms with van der Waals surface area (Å²) >= 11 is 1.67. The van der Waals surface area contributed by atoms with Gasteiger partial charge in [0.1, 0.15) is 0 Å². The van der Waals surface area contributed by atoms with Gasteiger partial charge in [-0.15, -0.1) is 11.3 Å². The van der Waals surface area contributed by atoms with Gasteiger partial charge in [0, 0.05) is 37.0 Å². The normalized spacial score (nSPS) is 23.8. The topological polar surface area (TPSA) is 53.6 Å². The Morgan fingerprint density at radius 2 is 2.10 bits per heavy atom. The minimum atomic E-state index is -0.173. The number of nitrogens with zero attached hydrogens (tertiary/aromatic N) is 1. The molecule has 1 aromatic carbocycles. The molecule has 5 nitrogen and oxygen atoms in total. The molecule has 5 rings (SSSR count). The number of ether oxygens (including phenoxy) is 1. The summed E-state index contributed by atoms with van der Waals surface area (Å²) in [5.41, 5.74) is 2.43. The van der Waals surface area contributed by atoms with Crippen LogP contribution in [0.3, 0.4) is 0 Å². The van der Waals surface area contributed by atoms with Crippen LogP contribution in [-0.2, 0) is 23.3 Å². The van der Waals surface area contributed by atoms with Crippen molar-refractivity contribution in [2.75, 3.05) is 32.8 Å². The van der Waals surface area contributed by atoms with Crippen LogP contribution in [0.1, 0.15) is 44.9 Å². The van der Waals surface area contributed by atoms with E-state index in [1.807, 2.05) is 0 Å². The van der Waals surface area contributed by atoms with Crippen LogP contribution < -0.4 is 10.6 Å². The van der Waals surface area contributed by atoms with E-state index in [9.17, 15) is 4.79 Å². The number of rotatable bonds is 4. The molecular weight excluding hydrogens is 382 g/mol. The van der Waals surface area contributed by atoms with Crippen LogP contribution in [0.4, 0.5) is 0 Å². The molecule has 2 saturated heterocycles. The summed E-state index contributed by atoms with van der Waals surface area (Å²) in [6, 6.07) is 12.9. The lowest BCUT2D eigenvalue weighted by atomic mass is 9.83. The van der Waals surface area contributed by atoms with Crippen molar-refractivity contribution in [1.82, 2.24) is 15.5 Å². The molecule has 1 amide bonds. The SMILES string of the molecule is O=C(N[C@H]1CCN(Cc2ccccc2)C1)c1cc2c(s1)CCOC21CCNCC1. The molecule has 3 aliphatic heterocycles. The van der Waals surface area contributed by atoms with Gasteiger partial charge in [-0.1, -0.05) is 30.3 Å². The second kappa shape index (κ2) is 8.19. The van der Waals surface area contributed by atoms with Crippen LogP contribution in [0.5, 0.6) is 0 Å². The predicted molar refractivity (Wildman–Crippen MR) is 115 cm³/mol. The number of benzene rings is 1. The zero-order chi connectivity index (χ0) is 19.7. The van der Waals surface area contributed by atoms with Crippen molar-refractivity contribution < 1.29 is 9.53 Å². The fourth-order valence-electron chi connectivity index (χ4n) is 4.97. The highest BCUT2D eigenvalue weighted by Gasteiger charge is 2.40. The summed E-state index contributed by atoms with van der Waals surface area (Å²) in [6.07, 6.45) is 3.93. The van der Waals surface area contributed by atoms with Crippen molar-refractivity contribution in [1.29, 1.82) is 0 Å². The number of nitrogens with one attached hydrogen (secondary N) is 2. The predicted octanol–water partition coefficient (Wildman–Crippen LogP) is 2.90. The highest BCUT2D eigenvalue weighted by Crippen LogP contribution is 2.43. The lowest BCUT2D eigenvalue weighted by molar-refractivity contribution is -0.0792. The molecule has 1 aromatic heterocycles. The Morgan fingerprint density at radius 1 is 1.28 bits per heavy atom. The Hall–Kier alpha value is -1.73. The van der Waals surface area contributed by atoms with Crippen LogP contribution in [0, 0.1) is 0 Å². The summed E-state index contributed by atoms with van der Waals surface area (Å²) in [6.45, 7) is 5.64. The molecule has 2 aromatic rings. The summed E-state index contributed by atoms with van der Waals surface area (Å²) in [4.78, 5) is 17.6. The van der Waals surface area contributed by atoms with E-state index in [1.54, 1.807) is 11.3 Å². The van der Waals surface area contributed by atoms with Gasteiger partial charge in [0.25, 0.3) is 5.91 Å². The third-order valence-corrected chi connectivity index (χ3v) is 7.69. The average molecular weight is 412 g/mol. The number of thiophene rings is 1. The molecule has 0 radical (unpaired) electrons. The first-order chi connectivity index (χ1) is 14.2. The minimum absolute atomic E-state index is 0.0834. The lowest BCUT2D eigenvalue weighted by Gasteiger charge is -2.40. The molecule has 0 saturated carbocycles. The van der Waals surface area contributed by atoms with Gasteiger partial charge in [0.15, 0.2) is 0 Å². The lowest BCUT2D eigenvalue weighted by Crippen LogP contribution is -2.44. The Bertz CT molecular complexity index is 860. The summed E-state index contributed by atoms with van der Waals surface area (Å²) in [5, 5.41) is 6.71. The molecule has 2 N–H and O–H groups in total. The van der Waals surface area contributed by atoms with E-state index in [0.29, 0.717) is 0 Å². The monoisotopic (exact) mass is 411 g/mol. The summed E-state index contributed by atoms with van der Waals surface area (Å²) < 4.78 is 6.26. The first-order valence-corrected chi connectivity index (χ1v) is 11.6. The summed E-state index contributed by atoms with van der Waals surface area (Å²) in [5.74, 6) is 0.0834. The van der Waals surface area contributed by atoms with Gasteiger partial charge >= 0.3 is 0 Å². The molecule has 1 atom stereocenters. The molecule has 1 spiro atoms. The highest BCUT2D eigenvalue weighted by atomic mass is 32.1. The van der Waals surface area contributed by atoms with Crippen LogP contribution >= 0.6 is 11.3 Å². The zero-order valence-corrected chi connectivity index (χ0v) is 17.6. The minimum Gasteiger partial charge on any atom is -0.370 e. The molecule has 154 valence electrons. The Balaban J connectivity index is 1.23. The summed E-state index contributed by atoms with van der Waals surface area (Å²) in [7, 11) is 0. The van der Waals surface area contributed by atoms with Crippen molar-refractivity contribution >= 4 is 17.2 Å². The molecule has 3 aliphatic rings. The largest absolute Gasteiger partial charge is 0.370 e. The number of hydrogen-bond acceptors (Lipinski definition) is 5. The number of hydrogen-bond donors (Lipinski definition) is 2. The fraction of sp³-hybridized carbons (Fsp3) is 0.522. The van der Waals surface area contributed by atoms with Crippen molar-refractivity contribution in [2.24, 2.45) is 0 Å². The molecule has 6 heteroatoms. The average Bonchev–Trinajstić information content (AvgIpc) is 3.37. The van der Waals surface area contributed by atoms with Crippen LogP contribution in [0.15, 0.2) is 36.4 Å². The van der Waals surface area contributed by atoms with E-state index in [4.69, 9.17) is 4.74 Å². The zero-order valence-electron chi connectivity index (χ0n) is 16.8. The molecule has 0 aliphatic carbocycles. The van der Waals surface area contributed by atoms with E-state index < -0.39 is 0 Å². The van der Waals surface area contributed by atoms with E-state index in [1.165, 1.54) is 16.0 Å². The van der Waals surface area contributed by atoms with E-state index >= 15 is 0 Å². The quantitative estimate of drug-likeness (QED) is 0.812. The van der Waals surface area contributed by atoms with Gasteiger partial charge in [0.2, 0.25) is 0 Å². The van der Waals surface area contributed by atoms with Crippen LogP contribution in [-0.4, -0.2) is 49.6 Å². The van der Waals surface area contributed by atoms with Gasteiger partial charge in [-0.2, -0.15) is 0 Å². The standard InChI is InChI=1S/C23H29N3O2S/c27-22(25-18-6-12-26(16-18)15-17-4-2-1-3-5-17)21-14-19-20(29-21)7-13-28-23(19)8-10-24-11-9-23/h1-5,14,18,24H,6-13,15-16H2,(H,25,27)/t18-/m0/s1. The number of amides is 1. The van der Waals surface area contributed by atoms with Crippen molar-refractivity contribution in [3.8, 4) is 0 Å². The number of fused-ring (bicyclic) bond motifs is 2. The van der Waals surface area contributed by atoms with Gasteiger partial charge in [-0.3, -0.25) is 9.69 Å². The maximum Gasteiger partial charge on any atom is 0.261 e. The van der Waals surface area contributed by atoms with E-state index in [0.717, 1.165) is 69.9 Å². The maximum absolute atomic E-state index is 13.0. The van der Waals surface area contributed by atoms with Crippen molar-refractivity contribution in [3.05, 3.63) is 57.3 Å². The van der Waals surface area contributed by atoms with Crippen LogP contribution in [0.2, 0.25) is 0 Å². The Morgan fingerprint density at radius 3 is 2.93 bits per heavy atom. The number of carbonyl (C=O) groups is 1. The molecular formula is C23H29N3O2S. The Labute approximate surface area is 176 Å². The number of carbonyl (C=O) groups excluding carboxylic acids is 1. The van der Waals surface area contributed by atoms with Gasteiger partial charge in [0.05, 0.1) is 17.1 Å². The smallest absolute Gasteiger partial charge is 0.261 e. The second-order valence-electron chi connectivity index (χ2n) is 8.47. The molecule has 2 fully saturated rings. The maximum atomic E-state index is 13.0. The number of likely N-dealkylation sites (tertiary alicyclic amines) is 1. The first-order valence-electron chi connectivity index (χ1n) is 10.8. The molecule has 29 heavy (non-hydrogen) atoms. The van der Waals surface area contributed by atoms with Gasteiger partial charge < -0.3 is 15.4 Å². The number of piperidine rings is 1. The Kier molecular flexibility index (Phi) is 5.43. The van der Waals surface area contributed by atoms with E-state index in [2.05, 4.69) is 51.9 Å². The van der Waals surface area contributed by atoms with E-state index in [-0.39, 0.29) is 17.6 Å². The van der Waals surface area contributed by atoms with Crippen molar-refractivity contribution in [3.63, 3.8) is 0 Å². The molecule has 0 unspecified atom stereocenters. The van der Waals surface area contributed by atoms with Crippen molar-refractivity contribution in [2.45, 2.75) is 43.9 Å². The second-order valence-corrected chi connectivity index (χ2v) is 9.61. The molecule has 0 bridgehead atoms.